The van der Waals surface area contributed by atoms with E-state index in [9.17, 15) is 9.90 Å². The number of carbonyl (C=O) groups excluding carboxylic acids is 1. The summed E-state index contributed by atoms with van der Waals surface area (Å²) in [5, 5.41) is 17.9. The van der Waals surface area contributed by atoms with Crippen LogP contribution in [-0.2, 0) is 23.7 Å². The highest BCUT2D eigenvalue weighted by Crippen LogP contribution is 2.40. The lowest BCUT2D eigenvalue weighted by Gasteiger charge is -2.31. The summed E-state index contributed by atoms with van der Waals surface area (Å²) in [7, 11) is 4.11. The van der Waals surface area contributed by atoms with Gasteiger partial charge in [0.2, 0.25) is 5.95 Å². The van der Waals surface area contributed by atoms with Gasteiger partial charge in [-0.15, -0.1) is 0 Å². The van der Waals surface area contributed by atoms with E-state index in [1.165, 1.54) is 24.1 Å². The molecule has 1 saturated carbocycles. The van der Waals surface area contributed by atoms with Crippen LogP contribution in [0.1, 0.15) is 113 Å². The Morgan fingerprint density at radius 2 is 1.45 bits per heavy atom. The number of phenols is 1. The summed E-state index contributed by atoms with van der Waals surface area (Å²) < 4.78 is 0. The Morgan fingerprint density at radius 1 is 0.895 bits per heavy atom. The maximum absolute atomic E-state index is 13.4. The Kier molecular flexibility index (Phi) is 7.96. The minimum Gasteiger partial charge on any atom is -0.507 e. The van der Waals surface area contributed by atoms with Gasteiger partial charge >= 0.3 is 0 Å². The largest absolute Gasteiger partial charge is 0.507 e. The molecule has 0 bridgehead atoms. The molecule has 38 heavy (non-hydrogen) atoms. The minimum absolute atomic E-state index is 0.0638. The molecule has 3 N–H and O–H groups in total. The SMILES string of the molecule is CN(C)c1nc(N[C@H]2CC[C@@H](NC(=O)c3cc(C(C)(C)C)c(O)c(C(C)(C)C)c3)CC2)nc2c1CCCC2. The standard InChI is InChI=1S/C31H47N5O2/c1-30(2,3)23-17-19(18-24(26(23)37)31(4,5)6)28(38)32-20-13-15-21(16-14-20)33-29-34-25-12-10-9-11-22(25)27(35-29)36(7)8/h17-18,20-21,37H,9-16H2,1-8H3,(H,32,38)(H,33,34,35)/t20-,21+. The van der Waals surface area contributed by atoms with Crippen molar-refractivity contribution in [3.63, 3.8) is 0 Å². The first-order valence-electron chi connectivity index (χ1n) is 14.3. The summed E-state index contributed by atoms with van der Waals surface area (Å²) >= 11 is 0. The quantitative estimate of drug-likeness (QED) is 0.456. The predicted octanol–water partition coefficient (Wildman–Crippen LogP) is 5.88. The van der Waals surface area contributed by atoms with Crippen LogP contribution in [0.2, 0.25) is 0 Å². The van der Waals surface area contributed by atoms with Crippen LogP contribution in [0, 0.1) is 0 Å². The van der Waals surface area contributed by atoms with Crippen molar-refractivity contribution in [3.8, 4) is 5.75 Å². The van der Waals surface area contributed by atoms with E-state index in [0.717, 1.165) is 61.4 Å². The maximum Gasteiger partial charge on any atom is 0.251 e. The fourth-order valence-electron chi connectivity index (χ4n) is 5.75. The van der Waals surface area contributed by atoms with Crippen molar-refractivity contribution < 1.29 is 9.90 Å². The molecule has 2 aromatic rings. The molecule has 1 aromatic heterocycles. The van der Waals surface area contributed by atoms with E-state index in [0.29, 0.717) is 17.4 Å². The van der Waals surface area contributed by atoms with Crippen LogP contribution in [0.15, 0.2) is 12.1 Å². The number of hydrogen-bond acceptors (Lipinski definition) is 6. The van der Waals surface area contributed by atoms with Crippen LogP contribution in [0.5, 0.6) is 5.75 Å². The van der Waals surface area contributed by atoms with Crippen molar-refractivity contribution in [2.75, 3.05) is 24.3 Å². The summed E-state index contributed by atoms with van der Waals surface area (Å²) in [6, 6.07) is 4.16. The number of aromatic hydroxyl groups is 1. The van der Waals surface area contributed by atoms with Gasteiger partial charge in [0.05, 0.1) is 5.69 Å². The number of amides is 1. The van der Waals surface area contributed by atoms with Crippen LogP contribution in [0.25, 0.3) is 0 Å². The van der Waals surface area contributed by atoms with E-state index in [-0.39, 0.29) is 22.8 Å². The molecule has 0 aliphatic heterocycles. The van der Waals surface area contributed by atoms with Gasteiger partial charge in [-0.25, -0.2) is 4.98 Å². The third-order valence-electron chi connectivity index (χ3n) is 7.97. The number of benzene rings is 1. The van der Waals surface area contributed by atoms with Gasteiger partial charge in [-0.2, -0.15) is 4.98 Å². The summed E-state index contributed by atoms with van der Waals surface area (Å²) in [5.41, 5.74) is 4.20. The molecule has 0 radical (unpaired) electrons. The van der Waals surface area contributed by atoms with Gasteiger partial charge < -0.3 is 20.6 Å². The second kappa shape index (κ2) is 10.7. The Bertz CT molecular complexity index is 1130. The van der Waals surface area contributed by atoms with Gasteiger partial charge in [-0.3, -0.25) is 4.79 Å². The minimum atomic E-state index is -0.269. The second-order valence-corrected chi connectivity index (χ2v) is 13.5. The monoisotopic (exact) mass is 521 g/mol. The zero-order valence-electron chi connectivity index (χ0n) is 24.7. The van der Waals surface area contributed by atoms with Crippen LogP contribution in [0.4, 0.5) is 11.8 Å². The lowest BCUT2D eigenvalue weighted by molar-refractivity contribution is 0.0926. The van der Waals surface area contributed by atoms with E-state index in [2.05, 4.69) is 71.2 Å². The molecule has 7 nitrogen and oxygen atoms in total. The Balaban J connectivity index is 1.42. The van der Waals surface area contributed by atoms with E-state index in [4.69, 9.17) is 9.97 Å². The first-order chi connectivity index (χ1) is 17.7. The Labute approximate surface area is 228 Å². The highest BCUT2D eigenvalue weighted by Gasteiger charge is 2.29. The van der Waals surface area contributed by atoms with Gasteiger partial charge in [0.1, 0.15) is 11.6 Å². The summed E-state index contributed by atoms with van der Waals surface area (Å²) in [6.07, 6.45) is 8.21. The number of aryl methyl sites for hydroxylation is 1. The molecule has 1 amide bonds. The van der Waals surface area contributed by atoms with Crippen LogP contribution in [-0.4, -0.2) is 47.2 Å². The molecule has 2 aliphatic rings. The van der Waals surface area contributed by atoms with Gasteiger partial charge in [0.15, 0.2) is 0 Å². The Morgan fingerprint density at radius 3 is 2.00 bits per heavy atom. The zero-order valence-corrected chi connectivity index (χ0v) is 24.7. The molecule has 1 fully saturated rings. The van der Waals surface area contributed by atoms with Crippen molar-refractivity contribution >= 4 is 17.7 Å². The third-order valence-corrected chi connectivity index (χ3v) is 7.97. The number of nitrogens with one attached hydrogen (secondary N) is 2. The molecule has 4 rings (SSSR count). The average molecular weight is 522 g/mol. The first kappa shape index (κ1) is 28.2. The number of hydrogen-bond donors (Lipinski definition) is 3. The highest BCUT2D eigenvalue weighted by molar-refractivity contribution is 5.95. The van der Waals surface area contributed by atoms with E-state index in [1.807, 2.05) is 12.1 Å². The normalized spacial score (nSPS) is 20.0. The Hall–Kier alpha value is -2.83. The van der Waals surface area contributed by atoms with Crippen molar-refractivity contribution in [2.24, 2.45) is 0 Å². The van der Waals surface area contributed by atoms with Gasteiger partial charge in [0.25, 0.3) is 5.91 Å². The molecule has 0 unspecified atom stereocenters. The summed E-state index contributed by atoms with van der Waals surface area (Å²) in [5.74, 6) is 2.01. The number of rotatable bonds is 5. The maximum atomic E-state index is 13.4. The molecule has 7 heteroatoms. The number of nitrogens with zero attached hydrogens (tertiary/aromatic N) is 3. The number of anilines is 2. The van der Waals surface area contributed by atoms with E-state index < -0.39 is 0 Å². The molecule has 1 aromatic carbocycles. The summed E-state index contributed by atoms with van der Waals surface area (Å²) in [6.45, 7) is 12.4. The molecular formula is C31H47N5O2. The molecule has 1 heterocycles. The average Bonchev–Trinajstić information content (AvgIpc) is 2.83. The molecule has 0 saturated heterocycles. The van der Waals surface area contributed by atoms with Gasteiger partial charge in [0, 0.05) is 48.4 Å². The fourth-order valence-corrected chi connectivity index (χ4v) is 5.75. The predicted molar refractivity (Wildman–Crippen MR) is 156 cm³/mol. The molecule has 0 atom stereocenters. The highest BCUT2D eigenvalue weighted by atomic mass is 16.3. The lowest BCUT2D eigenvalue weighted by atomic mass is 9.78. The van der Waals surface area contributed by atoms with Crippen LogP contribution in [0.3, 0.4) is 0 Å². The third kappa shape index (κ3) is 6.24. The van der Waals surface area contributed by atoms with Crippen molar-refractivity contribution in [2.45, 2.75) is 116 Å². The second-order valence-electron chi connectivity index (χ2n) is 13.5. The molecule has 208 valence electrons. The molecule has 0 spiro atoms. The molecular weight excluding hydrogens is 474 g/mol. The number of aromatic nitrogens is 2. The van der Waals surface area contributed by atoms with Crippen LogP contribution < -0.4 is 15.5 Å². The van der Waals surface area contributed by atoms with Crippen LogP contribution >= 0.6 is 0 Å². The van der Waals surface area contributed by atoms with E-state index >= 15 is 0 Å². The number of fused-ring (bicyclic) bond motifs is 1. The van der Waals surface area contributed by atoms with Gasteiger partial charge in [-0.05, 0) is 74.3 Å². The fraction of sp³-hybridized carbons (Fsp3) is 0.645. The van der Waals surface area contributed by atoms with Crippen molar-refractivity contribution in [3.05, 3.63) is 40.1 Å². The molecule has 2 aliphatic carbocycles. The lowest BCUT2D eigenvalue weighted by Crippen LogP contribution is -2.40. The summed E-state index contributed by atoms with van der Waals surface area (Å²) in [4.78, 5) is 25.2. The zero-order chi connectivity index (χ0) is 27.8. The topological polar surface area (TPSA) is 90.4 Å². The smallest absolute Gasteiger partial charge is 0.251 e. The van der Waals surface area contributed by atoms with Gasteiger partial charge in [-0.1, -0.05) is 41.5 Å². The number of carbonyl (C=O) groups is 1. The number of phenolic OH excluding ortho intramolecular Hbond substituents is 1. The first-order valence-corrected chi connectivity index (χ1v) is 14.3. The van der Waals surface area contributed by atoms with E-state index in [1.54, 1.807) is 0 Å². The van der Waals surface area contributed by atoms with Crippen molar-refractivity contribution in [1.29, 1.82) is 0 Å². The van der Waals surface area contributed by atoms with Crippen molar-refractivity contribution in [1.82, 2.24) is 15.3 Å².